The second kappa shape index (κ2) is 6.55. The van der Waals surface area contributed by atoms with Crippen LogP contribution in [0.5, 0.6) is 0 Å². The summed E-state index contributed by atoms with van der Waals surface area (Å²) in [4.78, 5) is 22.2. The van der Waals surface area contributed by atoms with Gasteiger partial charge in [0.1, 0.15) is 0 Å². The first-order valence-electron chi connectivity index (χ1n) is 8.97. The molecule has 1 fully saturated rings. The number of carbonyl (C=O) groups excluding carboxylic acids is 1. The van der Waals surface area contributed by atoms with Gasteiger partial charge in [-0.15, -0.1) is 0 Å². The van der Waals surface area contributed by atoms with Crippen molar-refractivity contribution in [2.45, 2.75) is 0 Å². The molecule has 0 aliphatic carbocycles. The molecule has 5 nitrogen and oxygen atoms in total. The van der Waals surface area contributed by atoms with Gasteiger partial charge in [0.2, 0.25) is 0 Å². The van der Waals surface area contributed by atoms with E-state index in [1.165, 1.54) is 0 Å². The number of carbonyl (C=O) groups is 1. The van der Waals surface area contributed by atoms with Gasteiger partial charge in [0.05, 0.1) is 30.2 Å². The monoisotopic (exact) mass is 423 g/mol. The normalized spacial score (nSPS) is 14.9. The minimum absolute atomic E-state index is 0.0422. The molecule has 6 heteroatoms. The predicted octanol–water partition coefficient (Wildman–Crippen LogP) is 4.55. The van der Waals surface area contributed by atoms with Crippen molar-refractivity contribution in [2.24, 2.45) is 0 Å². The first-order valence-corrected chi connectivity index (χ1v) is 9.76. The number of aromatic nitrogens is 2. The summed E-state index contributed by atoms with van der Waals surface area (Å²) >= 11 is 3.52. The van der Waals surface area contributed by atoms with E-state index in [4.69, 9.17) is 4.74 Å². The van der Waals surface area contributed by atoms with Gasteiger partial charge in [-0.2, -0.15) is 0 Å². The summed E-state index contributed by atoms with van der Waals surface area (Å²) in [5.41, 5.74) is 4.45. The van der Waals surface area contributed by atoms with Gasteiger partial charge >= 0.3 is 0 Å². The number of nitrogens with one attached hydrogen (secondary N) is 2. The fraction of sp³-hybridized carbons (Fsp3) is 0.190. The number of halogens is 1. The lowest BCUT2D eigenvalue weighted by atomic mass is 10.1. The van der Waals surface area contributed by atoms with Crippen molar-refractivity contribution in [3.8, 4) is 11.4 Å². The maximum absolute atomic E-state index is 13.4. The SMILES string of the molecule is O=C(c1c(-c2cc3ccccc3[nH]2)[nH]c2cc(Br)ccc12)N1CCOCC1. The van der Waals surface area contributed by atoms with Crippen molar-refractivity contribution in [1.82, 2.24) is 14.9 Å². The summed E-state index contributed by atoms with van der Waals surface area (Å²) in [6, 6.07) is 16.2. The highest BCUT2D eigenvalue weighted by Crippen LogP contribution is 2.34. The Bertz CT molecular complexity index is 1120. The van der Waals surface area contributed by atoms with Crippen LogP contribution in [0.2, 0.25) is 0 Å². The second-order valence-corrected chi connectivity index (χ2v) is 7.66. The van der Waals surface area contributed by atoms with Gasteiger partial charge in [-0.25, -0.2) is 0 Å². The van der Waals surface area contributed by atoms with Crippen LogP contribution in [0.3, 0.4) is 0 Å². The third kappa shape index (κ3) is 2.85. The largest absolute Gasteiger partial charge is 0.378 e. The van der Waals surface area contributed by atoms with Crippen molar-refractivity contribution in [3.05, 3.63) is 58.6 Å². The molecule has 1 aliphatic rings. The van der Waals surface area contributed by atoms with Gasteiger partial charge < -0.3 is 19.6 Å². The van der Waals surface area contributed by atoms with Crippen molar-refractivity contribution >= 4 is 43.6 Å². The molecule has 1 aliphatic heterocycles. The van der Waals surface area contributed by atoms with E-state index in [-0.39, 0.29) is 5.91 Å². The molecular formula is C21H18BrN3O2. The molecule has 1 amide bonds. The third-order valence-electron chi connectivity index (χ3n) is 5.07. The quantitative estimate of drug-likeness (QED) is 0.496. The Kier molecular flexibility index (Phi) is 4.02. The molecule has 2 aromatic carbocycles. The number of ether oxygens (including phenoxy) is 1. The highest BCUT2D eigenvalue weighted by molar-refractivity contribution is 9.10. The topological polar surface area (TPSA) is 61.1 Å². The van der Waals surface area contributed by atoms with Crippen LogP contribution in [-0.4, -0.2) is 47.1 Å². The van der Waals surface area contributed by atoms with E-state index in [1.54, 1.807) is 0 Å². The zero-order valence-electron chi connectivity index (χ0n) is 14.6. The maximum Gasteiger partial charge on any atom is 0.256 e. The average molecular weight is 424 g/mol. The van der Waals surface area contributed by atoms with Gasteiger partial charge in [0.25, 0.3) is 5.91 Å². The van der Waals surface area contributed by atoms with E-state index in [9.17, 15) is 4.79 Å². The number of nitrogens with zero attached hydrogens (tertiary/aromatic N) is 1. The maximum atomic E-state index is 13.4. The van der Waals surface area contributed by atoms with Crippen molar-refractivity contribution in [1.29, 1.82) is 0 Å². The van der Waals surface area contributed by atoms with Crippen LogP contribution < -0.4 is 0 Å². The first kappa shape index (κ1) is 16.6. The summed E-state index contributed by atoms with van der Waals surface area (Å²) in [5.74, 6) is 0.0422. The molecule has 0 saturated carbocycles. The molecule has 27 heavy (non-hydrogen) atoms. The number of benzene rings is 2. The molecule has 2 N–H and O–H groups in total. The van der Waals surface area contributed by atoms with Gasteiger partial charge in [-0.3, -0.25) is 4.79 Å². The molecule has 5 rings (SSSR count). The molecule has 0 unspecified atom stereocenters. The minimum Gasteiger partial charge on any atom is -0.378 e. The Hall–Kier alpha value is -2.57. The number of morpholine rings is 1. The van der Waals surface area contributed by atoms with E-state index in [1.807, 2.05) is 41.3 Å². The molecule has 4 aromatic rings. The third-order valence-corrected chi connectivity index (χ3v) is 5.57. The van der Waals surface area contributed by atoms with Crippen molar-refractivity contribution in [2.75, 3.05) is 26.3 Å². The Balaban J connectivity index is 1.71. The predicted molar refractivity (Wildman–Crippen MR) is 110 cm³/mol. The molecule has 136 valence electrons. The minimum atomic E-state index is 0.0422. The highest BCUT2D eigenvalue weighted by Gasteiger charge is 2.26. The van der Waals surface area contributed by atoms with Crippen molar-refractivity contribution in [3.63, 3.8) is 0 Å². The summed E-state index contributed by atoms with van der Waals surface area (Å²) in [7, 11) is 0. The second-order valence-electron chi connectivity index (χ2n) is 6.74. The lowest BCUT2D eigenvalue weighted by molar-refractivity contribution is 0.0304. The summed E-state index contributed by atoms with van der Waals surface area (Å²) in [6.07, 6.45) is 0. The van der Waals surface area contributed by atoms with Gasteiger partial charge in [-0.1, -0.05) is 40.2 Å². The Morgan fingerprint density at radius 1 is 1.00 bits per heavy atom. The van der Waals surface area contributed by atoms with Crippen LogP contribution in [0.15, 0.2) is 53.0 Å². The fourth-order valence-electron chi connectivity index (χ4n) is 3.73. The zero-order chi connectivity index (χ0) is 18.4. The van der Waals surface area contributed by atoms with Gasteiger partial charge in [0.15, 0.2) is 0 Å². The highest BCUT2D eigenvalue weighted by atomic mass is 79.9. The van der Waals surface area contributed by atoms with Crippen LogP contribution >= 0.6 is 15.9 Å². The van der Waals surface area contributed by atoms with Gasteiger partial charge in [-0.05, 0) is 24.3 Å². The molecular weight excluding hydrogens is 406 g/mol. The Morgan fingerprint density at radius 3 is 2.63 bits per heavy atom. The number of fused-ring (bicyclic) bond motifs is 2. The van der Waals surface area contributed by atoms with E-state index in [0.29, 0.717) is 31.9 Å². The van der Waals surface area contributed by atoms with Crippen LogP contribution in [0.4, 0.5) is 0 Å². The molecule has 0 atom stereocenters. The summed E-state index contributed by atoms with van der Waals surface area (Å²) < 4.78 is 6.39. The smallest absolute Gasteiger partial charge is 0.256 e. The zero-order valence-corrected chi connectivity index (χ0v) is 16.2. The van der Waals surface area contributed by atoms with Crippen LogP contribution in [0.25, 0.3) is 33.2 Å². The van der Waals surface area contributed by atoms with Crippen LogP contribution in [0, 0.1) is 0 Å². The van der Waals surface area contributed by atoms with Crippen molar-refractivity contribution < 1.29 is 9.53 Å². The first-order chi connectivity index (χ1) is 13.2. The van der Waals surface area contributed by atoms with E-state index in [2.05, 4.69) is 38.0 Å². The number of H-pyrrole nitrogens is 2. The van der Waals surface area contributed by atoms with Crippen LogP contribution in [-0.2, 0) is 4.74 Å². The summed E-state index contributed by atoms with van der Waals surface area (Å²) in [5, 5.41) is 2.06. The number of hydrogen-bond donors (Lipinski definition) is 2. The molecule has 0 spiro atoms. The van der Waals surface area contributed by atoms with Gasteiger partial charge in [0, 0.05) is 39.4 Å². The van der Waals surface area contributed by atoms with Crippen LogP contribution in [0.1, 0.15) is 10.4 Å². The summed E-state index contributed by atoms with van der Waals surface area (Å²) in [6.45, 7) is 2.41. The number of rotatable bonds is 2. The molecule has 0 bridgehead atoms. The Labute approximate surface area is 164 Å². The number of hydrogen-bond acceptors (Lipinski definition) is 2. The van der Waals surface area contributed by atoms with E-state index >= 15 is 0 Å². The molecule has 3 heterocycles. The standard InChI is InChI=1S/C21H18BrN3O2/c22-14-5-6-15-17(12-14)24-20(18-11-13-3-1-2-4-16(13)23-18)19(15)21(26)25-7-9-27-10-8-25/h1-6,11-12,23-24H,7-10H2. The Morgan fingerprint density at radius 2 is 1.81 bits per heavy atom. The molecule has 0 radical (unpaired) electrons. The van der Waals surface area contributed by atoms with E-state index < -0.39 is 0 Å². The number of para-hydroxylation sites is 1. The average Bonchev–Trinajstić information content (AvgIpc) is 3.28. The lowest BCUT2D eigenvalue weighted by Gasteiger charge is -2.27. The lowest BCUT2D eigenvalue weighted by Crippen LogP contribution is -2.40. The molecule has 1 saturated heterocycles. The number of aromatic amines is 2. The fourth-order valence-corrected chi connectivity index (χ4v) is 4.09. The molecule has 2 aromatic heterocycles. The van der Waals surface area contributed by atoms with E-state index in [0.717, 1.165) is 37.7 Å². The number of amides is 1.